The number of fused-ring (bicyclic) bond motifs is 4. The Kier molecular flexibility index (Phi) is 4.56. The van der Waals surface area contributed by atoms with Crippen LogP contribution in [0, 0.1) is 6.92 Å². The second-order valence-electron chi connectivity index (χ2n) is 8.30. The third-order valence-electron chi connectivity index (χ3n) is 6.27. The van der Waals surface area contributed by atoms with E-state index in [-0.39, 0.29) is 11.8 Å². The third kappa shape index (κ3) is 2.97. The van der Waals surface area contributed by atoms with Crippen LogP contribution in [0.2, 0.25) is 5.15 Å². The normalized spacial score (nSPS) is 19.6. The summed E-state index contributed by atoms with van der Waals surface area (Å²) in [5, 5.41) is 2.30. The van der Waals surface area contributed by atoms with Gasteiger partial charge in [-0.3, -0.25) is 4.79 Å². The van der Waals surface area contributed by atoms with Crippen molar-refractivity contribution in [3.63, 3.8) is 0 Å². The molecule has 160 valence electrons. The standard InChI is InChI=1S/C25H20ClN3O2S/c1-13-6-8-17-14(10-13)11-16(24(26)27-17)23-22-18(4-3-5-20(22)30)28-25-29(23)19-9-7-15(31-2)12-21(19)32-25/h6-12,23H,3-5H2,1-2H3. The highest BCUT2D eigenvalue weighted by molar-refractivity contribution is 8.14. The Balaban J connectivity index is 1.60. The summed E-state index contributed by atoms with van der Waals surface area (Å²) in [4.78, 5) is 26.0. The number of aromatic nitrogens is 1. The van der Waals surface area contributed by atoms with E-state index in [2.05, 4.69) is 24.0 Å². The van der Waals surface area contributed by atoms with Crippen molar-refractivity contribution in [2.75, 3.05) is 12.0 Å². The molecule has 3 aliphatic rings. The van der Waals surface area contributed by atoms with Crippen LogP contribution < -0.4 is 9.64 Å². The molecule has 0 spiro atoms. The number of thioether (sulfide) groups is 1. The SMILES string of the molecule is COc1ccc2c(c1)SC1=NC3=C(C(=O)CCC3)C(c3cc4cc(C)ccc4nc3Cl)N12. The molecule has 6 rings (SSSR count). The summed E-state index contributed by atoms with van der Waals surface area (Å²) in [6.07, 6.45) is 2.16. The summed E-state index contributed by atoms with van der Waals surface area (Å²) in [5.74, 6) is 0.939. The summed E-state index contributed by atoms with van der Waals surface area (Å²) in [6, 6.07) is 13.8. The predicted molar refractivity (Wildman–Crippen MR) is 129 cm³/mol. The molecular weight excluding hydrogens is 442 g/mol. The fraction of sp³-hybridized carbons (Fsp3) is 0.240. The minimum Gasteiger partial charge on any atom is -0.497 e. The van der Waals surface area contributed by atoms with Crippen molar-refractivity contribution in [2.45, 2.75) is 37.1 Å². The Hall–Kier alpha value is -2.83. The van der Waals surface area contributed by atoms with E-state index in [1.807, 2.05) is 30.3 Å². The van der Waals surface area contributed by atoms with Gasteiger partial charge in [-0.2, -0.15) is 0 Å². The van der Waals surface area contributed by atoms with Crippen molar-refractivity contribution in [3.8, 4) is 5.75 Å². The number of methoxy groups -OCH3 is 1. The highest BCUT2D eigenvalue weighted by Gasteiger charge is 2.43. The van der Waals surface area contributed by atoms with Crippen molar-refractivity contribution >= 4 is 50.9 Å². The zero-order valence-electron chi connectivity index (χ0n) is 17.7. The number of benzene rings is 2. The number of ether oxygens (including phenoxy) is 1. The molecule has 1 aliphatic carbocycles. The maximum absolute atomic E-state index is 13.2. The average Bonchev–Trinajstić information content (AvgIpc) is 3.15. The van der Waals surface area contributed by atoms with Gasteiger partial charge in [0.15, 0.2) is 11.0 Å². The number of allylic oxidation sites excluding steroid dienone is 1. The molecule has 0 N–H and O–H groups in total. The zero-order chi connectivity index (χ0) is 22.0. The van der Waals surface area contributed by atoms with Crippen LogP contribution >= 0.6 is 23.4 Å². The Morgan fingerprint density at radius 2 is 2.03 bits per heavy atom. The molecule has 0 saturated carbocycles. The van der Waals surface area contributed by atoms with Crippen LogP contribution in [0.25, 0.3) is 10.9 Å². The van der Waals surface area contributed by atoms with Crippen LogP contribution in [0.4, 0.5) is 5.69 Å². The van der Waals surface area contributed by atoms with Crippen LogP contribution in [0.1, 0.15) is 36.4 Å². The summed E-state index contributed by atoms with van der Waals surface area (Å²) in [7, 11) is 1.66. The Morgan fingerprint density at radius 3 is 2.88 bits per heavy atom. The van der Waals surface area contributed by atoms with E-state index in [4.69, 9.17) is 26.3 Å². The number of anilines is 1. The number of hydrogen-bond acceptors (Lipinski definition) is 6. The summed E-state index contributed by atoms with van der Waals surface area (Å²) in [6.45, 7) is 2.06. The number of rotatable bonds is 2. The Bertz CT molecular complexity index is 1380. The number of pyridine rings is 1. The molecule has 3 heterocycles. The quantitative estimate of drug-likeness (QED) is 0.423. The smallest absolute Gasteiger partial charge is 0.174 e. The van der Waals surface area contributed by atoms with Gasteiger partial charge in [0, 0.05) is 27.8 Å². The van der Waals surface area contributed by atoms with E-state index >= 15 is 0 Å². The van der Waals surface area contributed by atoms with Crippen LogP contribution in [-0.2, 0) is 4.79 Å². The number of Topliss-reactive ketones (excluding diaryl/α,β-unsaturated/α-hetero) is 1. The first-order valence-corrected chi connectivity index (χ1v) is 11.8. The largest absolute Gasteiger partial charge is 0.497 e. The van der Waals surface area contributed by atoms with Gasteiger partial charge in [-0.15, -0.1) is 0 Å². The van der Waals surface area contributed by atoms with Gasteiger partial charge in [-0.1, -0.05) is 23.2 Å². The molecule has 1 unspecified atom stereocenters. The maximum Gasteiger partial charge on any atom is 0.174 e. The molecule has 32 heavy (non-hydrogen) atoms. The lowest BCUT2D eigenvalue weighted by atomic mass is 9.85. The van der Waals surface area contributed by atoms with Gasteiger partial charge in [0.05, 0.1) is 30.1 Å². The number of amidine groups is 1. The predicted octanol–water partition coefficient (Wildman–Crippen LogP) is 6.24. The van der Waals surface area contributed by atoms with E-state index in [1.165, 1.54) is 0 Å². The lowest BCUT2D eigenvalue weighted by molar-refractivity contribution is -0.116. The van der Waals surface area contributed by atoms with E-state index in [0.29, 0.717) is 11.6 Å². The lowest BCUT2D eigenvalue weighted by Gasteiger charge is -2.37. The first kappa shape index (κ1) is 19.8. The molecule has 0 saturated heterocycles. The number of halogens is 1. The van der Waals surface area contributed by atoms with Gasteiger partial charge in [0.2, 0.25) is 0 Å². The number of aryl methyl sites for hydroxylation is 1. The first-order valence-electron chi connectivity index (χ1n) is 10.6. The summed E-state index contributed by atoms with van der Waals surface area (Å²) in [5.41, 5.74) is 5.47. The van der Waals surface area contributed by atoms with E-state index in [1.54, 1.807) is 18.9 Å². The summed E-state index contributed by atoms with van der Waals surface area (Å²) < 4.78 is 5.43. The van der Waals surface area contributed by atoms with Crippen molar-refractivity contribution in [2.24, 2.45) is 4.99 Å². The van der Waals surface area contributed by atoms with Crippen molar-refractivity contribution in [1.29, 1.82) is 0 Å². The number of aliphatic imine (C=N–C) groups is 1. The van der Waals surface area contributed by atoms with Crippen molar-refractivity contribution in [3.05, 3.63) is 70.0 Å². The van der Waals surface area contributed by atoms with Gasteiger partial charge in [0.1, 0.15) is 10.9 Å². The monoisotopic (exact) mass is 461 g/mol. The van der Waals surface area contributed by atoms with E-state index in [0.717, 1.165) is 67.6 Å². The molecule has 7 heteroatoms. The van der Waals surface area contributed by atoms with Gasteiger partial charge >= 0.3 is 0 Å². The molecule has 0 fully saturated rings. The molecular formula is C25H20ClN3O2S. The second kappa shape index (κ2) is 7.36. The zero-order valence-corrected chi connectivity index (χ0v) is 19.3. The lowest BCUT2D eigenvalue weighted by Crippen LogP contribution is -2.38. The number of hydrogen-bond donors (Lipinski definition) is 0. The average molecular weight is 462 g/mol. The number of ketones is 1. The minimum absolute atomic E-state index is 0.145. The number of nitrogens with zero attached hydrogens (tertiary/aromatic N) is 3. The highest BCUT2D eigenvalue weighted by Crippen LogP contribution is 2.53. The first-order chi connectivity index (χ1) is 15.5. The third-order valence-corrected chi connectivity index (χ3v) is 7.59. The van der Waals surface area contributed by atoms with E-state index < -0.39 is 0 Å². The van der Waals surface area contributed by atoms with Gasteiger partial charge < -0.3 is 9.64 Å². The van der Waals surface area contributed by atoms with Gasteiger partial charge in [0.25, 0.3) is 0 Å². The highest BCUT2D eigenvalue weighted by atomic mass is 35.5. The van der Waals surface area contributed by atoms with Gasteiger partial charge in [-0.05, 0) is 67.9 Å². The second-order valence-corrected chi connectivity index (χ2v) is 9.67. The molecule has 5 nitrogen and oxygen atoms in total. The topological polar surface area (TPSA) is 54.8 Å². The van der Waals surface area contributed by atoms with Crippen LogP contribution in [-0.4, -0.2) is 23.0 Å². The molecule has 3 aromatic rings. The fourth-order valence-electron chi connectivity index (χ4n) is 4.77. The number of carbonyl (C=O) groups excluding carboxylic acids is 1. The number of carbonyl (C=O) groups is 1. The molecule has 0 radical (unpaired) electrons. The Morgan fingerprint density at radius 1 is 1.16 bits per heavy atom. The maximum atomic E-state index is 13.2. The molecule has 0 bridgehead atoms. The Labute approximate surface area is 195 Å². The molecule has 2 aliphatic heterocycles. The molecule has 1 atom stereocenters. The van der Waals surface area contributed by atoms with Crippen molar-refractivity contribution in [1.82, 2.24) is 4.98 Å². The van der Waals surface area contributed by atoms with Crippen LogP contribution in [0.3, 0.4) is 0 Å². The molecule has 0 amide bonds. The minimum atomic E-state index is -0.350. The van der Waals surface area contributed by atoms with Crippen LogP contribution in [0.5, 0.6) is 5.75 Å². The van der Waals surface area contributed by atoms with E-state index in [9.17, 15) is 4.79 Å². The van der Waals surface area contributed by atoms with Gasteiger partial charge in [-0.25, -0.2) is 9.98 Å². The molecule has 1 aromatic heterocycles. The fourth-order valence-corrected chi connectivity index (χ4v) is 6.12. The van der Waals surface area contributed by atoms with Crippen LogP contribution in [0.15, 0.2) is 63.6 Å². The summed E-state index contributed by atoms with van der Waals surface area (Å²) >= 11 is 8.39. The molecule has 2 aromatic carbocycles. The van der Waals surface area contributed by atoms with Crippen molar-refractivity contribution < 1.29 is 9.53 Å².